The summed E-state index contributed by atoms with van der Waals surface area (Å²) in [6, 6.07) is 7.09. The van der Waals surface area contributed by atoms with Crippen LogP contribution in [0.15, 0.2) is 24.3 Å². The molecule has 20 heavy (non-hydrogen) atoms. The van der Waals surface area contributed by atoms with Gasteiger partial charge >= 0.3 is 10.2 Å². The highest BCUT2D eigenvalue weighted by molar-refractivity contribution is 7.90. The van der Waals surface area contributed by atoms with Gasteiger partial charge < -0.3 is 5.11 Å². The van der Waals surface area contributed by atoms with Gasteiger partial charge in [0, 0.05) is 12.6 Å². The number of nitrogens with zero attached hydrogens (tertiary/aromatic N) is 1. The molecular formula is C14H22N2O3S. The van der Waals surface area contributed by atoms with E-state index in [4.69, 9.17) is 0 Å². The van der Waals surface area contributed by atoms with Crippen LogP contribution < -0.4 is 4.72 Å². The summed E-state index contributed by atoms with van der Waals surface area (Å²) < 4.78 is 29.0. The van der Waals surface area contributed by atoms with Crippen LogP contribution in [0.3, 0.4) is 0 Å². The van der Waals surface area contributed by atoms with E-state index in [1.54, 1.807) is 6.07 Å². The van der Waals surface area contributed by atoms with Gasteiger partial charge in [-0.2, -0.15) is 12.7 Å². The summed E-state index contributed by atoms with van der Waals surface area (Å²) in [5.74, 6) is 0. The summed E-state index contributed by atoms with van der Waals surface area (Å²) in [4.78, 5) is 0. The van der Waals surface area contributed by atoms with Gasteiger partial charge in [-0.25, -0.2) is 0 Å². The van der Waals surface area contributed by atoms with Crippen LogP contribution in [-0.2, 0) is 16.6 Å². The Morgan fingerprint density at radius 2 is 2.10 bits per heavy atom. The van der Waals surface area contributed by atoms with Crippen molar-refractivity contribution >= 4 is 15.9 Å². The lowest BCUT2D eigenvalue weighted by Gasteiger charge is -2.33. The van der Waals surface area contributed by atoms with Crippen LogP contribution in [0.1, 0.15) is 31.7 Å². The molecule has 1 aromatic rings. The number of aliphatic hydroxyl groups excluding tert-OH is 1. The lowest BCUT2D eigenvalue weighted by atomic mass is 10.1. The summed E-state index contributed by atoms with van der Waals surface area (Å²) in [6.07, 6.45) is 3.28. The molecule has 0 amide bonds. The van der Waals surface area contributed by atoms with E-state index in [-0.39, 0.29) is 12.6 Å². The Balaban J connectivity index is 2.22. The molecule has 0 aromatic heterocycles. The first kappa shape index (κ1) is 15.3. The van der Waals surface area contributed by atoms with Crippen LogP contribution in [-0.4, -0.2) is 37.0 Å². The van der Waals surface area contributed by atoms with Crippen LogP contribution in [0.5, 0.6) is 0 Å². The highest BCUT2D eigenvalue weighted by atomic mass is 32.2. The highest BCUT2D eigenvalue weighted by Crippen LogP contribution is 2.23. The summed E-state index contributed by atoms with van der Waals surface area (Å²) in [7, 11) is -3.61. The van der Waals surface area contributed by atoms with Crippen molar-refractivity contribution in [3.05, 3.63) is 29.8 Å². The van der Waals surface area contributed by atoms with Crippen molar-refractivity contribution in [3.63, 3.8) is 0 Å². The number of hydrogen-bond donors (Lipinski definition) is 2. The van der Waals surface area contributed by atoms with Crippen LogP contribution >= 0.6 is 0 Å². The molecule has 1 atom stereocenters. The number of rotatable bonds is 5. The topological polar surface area (TPSA) is 69.6 Å². The zero-order valence-corrected chi connectivity index (χ0v) is 12.6. The fraction of sp³-hybridized carbons (Fsp3) is 0.571. The van der Waals surface area contributed by atoms with Crippen molar-refractivity contribution < 1.29 is 13.5 Å². The highest BCUT2D eigenvalue weighted by Gasteiger charge is 2.32. The van der Waals surface area contributed by atoms with Gasteiger partial charge in [0.15, 0.2) is 0 Å². The second-order valence-electron chi connectivity index (χ2n) is 5.06. The zero-order chi connectivity index (χ0) is 14.6. The fourth-order valence-electron chi connectivity index (χ4n) is 2.60. The van der Waals surface area contributed by atoms with Crippen molar-refractivity contribution in [2.75, 3.05) is 17.9 Å². The minimum atomic E-state index is -3.61. The molecule has 2 N–H and O–H groups in total. The van der Waals surface area contributed by atoms with E-state index in [0.717, 1.165) is 24.8 Å². The van der Waals surface area contributed by atoms with Gasteiger partial charge in [0.05, 0.1) is 12.3 Å². The van der Waals surface area contributed by atoms with E-state index in [0.29, 0.717) is 18.7 Å². The maximum Gasteiger partial charge on any atom is 0.301 e. The van der Waals surface area contributed by atoms with E-state index < -0.39 is 10.2 Å². The summed E-state index contributed by atoms with van der Waals surface area (Å²) in [5.41, 5.74) is 1.59. The van der Waals surface area contributed by atoms with E-state index in [2.05, 4.69) is 4.72 Å². The van der Waals surface area contributed by atoms with Crippen molar-refractivity contribution in [2.24, 2.45) is 0 Å². The fourth-order valence-corrected chi connectivity index (χ4v) is 4.13. The zero-order valence-electron chi connectivity index (χ0n) is 11.7. The molecule has 1 aliphatic heterocycles. The average molecular weight is 298 g/mol. The number of aliphatic hydroxyl groups is 1. The number of aryl methyl sites for hydroxylation is 1. The lowest BCUT2D eigenvalue weighted by molar-refractivity contribution is 0.156. The third kappa shape index (κ3) is 3.31. The van der Waals surface area contributed by atoms with Crippen LogP contribution in [0.25, 0.3) is 0 Å². The number of hydrogen-bond acceptors (Lipinski definition) is 3. The maximum absolute atomic E-state index is 12.5. The van der Waals surface area contributed by atoms with Crippen molar-refractivity contribution in [1.29, 1.82) is 0 Å². The Labute approximate surface area is 120 Å². The molecule has 1 unspecified atom stereocenters. The third-order valence-corrected chi connectivity index (χ3v) is 5.31. The lowest BCUT2D eigenvalue weighted by Crippen LogP contribution is -2.48. The van der Waals surface area contributed by atoms with Gasteiger partial charge in [0.2, 0.25) is 0 Å². The van der Waals surface area contributed by atoms with Gasteiger partial charge in [-0.15, -0.1) is 0 Å². The number of para-hydroxylation sites is 1. The third-order valence-electron chi connectivity index (χ3n) is 3.73. The van der Waals surface area contributed by atoms with Gasteiger partial charge in [0.25, 0.3) is 0 Å². The van der Waals surface area contributed by atoms with Crippen molar-refractivity contribution in [3.8, 4) is 0 Å². The van der Waals surface area contributed by atoms with Gasteiger partial charge in [0.1, 0.15) is 0 Å². The number of benzene rings is 1. The molecule has 0 saturated carbocycles. The second kappa shape index (κ2) is 6.56. The SMILES string of the molecule is CCc1ccccc1NS(=O)(=O)N1CCCCC1CO. The molecule has 2 rings (SSSR count). The monoisotopic (exact) mass is 298 g/mol. The first-order valence-corrected chi connectivity index (χ1v) is 8.51. The minimum Gasteiger partial charge on any atom is -0.395 e. The second-order valence-corrected chi connectivity index (χ2v) is 6.68. The largest absolute Gasteiger partial charge is 0.395 e. The van der Waals surface area contributed by atoms with Crippen molar-refractivity contribution in [1.82, 2.24) is 4.31 Å². The molecule has 0 bridgehead atoms. The molecule has 1 aromatic carbocycles. The van der Waals surface area contributed by atoms with Crippen molar-refractivity contribution in [2.45, 2.75) is 38.6 Å². The molecule has 1 aliphatic rings. The molecule has 6 heteroatoms. The Morgan fingerprint density at radius 3 is 2.80 bits per heavy atom. The average Bonchev–Trinajstić information content (AvgIpc) is 2.47. The number of nitrogens with one attached hydrogen (secondary N) is 1. The Hall–Kier alpha value is -1.11. The van der Waals surface area contributed by atoms with Crippen LogP contribution in [0, 0.1) is 0 Å². The standard InChI is InChI=1S/C14H22N2O3S/c1-2-12-7-3-4-9-14(12)15-20(18,19)16-10-6-5-8-13(16)11-17/h3-4,7,9,13,15,17H,2,5-6,8,10-11H2,1H3. The summed E-state index contributed by atoms with van der Waals surface area (Å²) in [6.45, 7) is 2.33. The van der Waals surface area contributed by atoms with E-state index >= 15 is 0 Å². The first-order valence-electron chi connectivity index (χ1n) is 7.07. The molecule has 0 aliphatic carbocycles. The number of anilines is 1. The normalized spacial score (nSPS) is 20.8. The Bertz CT molecular complexity index is 545. The van der Waals surface area contributed by atoms with Gasteiger partial charge in [-0.3, -0.25) is 4.72 Å². The predicted molar refractivity (Wildman–Crippen MR) is 79.8 cm³/mol. The Kier molecular flexibility index (Phi) is 5.01. The minimum absolute atomic E-state index is 0.129. The number of piperidine rings is 1. The molecule has 1 fully saturated rings. The molecular weight excluding hydrogens is 276 g/mol. The van der Waals surface area contributed by atoms with Gasteiger partial charge in [-0.1, -0.05) is 31.5 Å². The van der Waals surface area contributed by atoms with Crippen LogP contribution in [0.4, 0.5) is 5.69 Å². The molecule has 0 radical (unpaired) electrons. The van der Waals surface area contributed by atoms with Gasteiger partial charge in [-0.05, 0) is 30.9 Å². The molecule has 5 nitrogen and oxygen atoms in total. The molecule has 1 heterocycles. The smallest absolute Gasteiger partial charge is 0.301 e. The van der Waals surface area contributed by atoms with E-state index in [1.165, 1.54) is 4.31 Å². The first-order chi connectivity index (χ1) is 9.58. The molecule has 0 spiro atoms. The summed E-state index contributed by atoms with van der Waals surface area (Å²) >= 11 is 0. The maximum atomic E-state index is 12.5. The molecule has 112 valence electrons. The van der Waals surface area contributed by atoms with Crippen LogP contribution in [0.2, 0.25) is 0 Å². The van der Waals surface area contributed by atoms with E-state index in [9.17, 15) is 13.5 Å². The van der Waals surface area contributed by atoms with E-state index in [1.807, 2.05) is 25.1 Å². The molecule has 1 saturated heterocycles. The summed E-state index contributed by atoms with van der Waals surface area (Å²) in [5, 5.41) is 9.36. The predicted octanol–water partition coefficient (Wildman–Crippen LogP) is 1.75. The Morgan fingerprint density at radius 1 is 1.35 bits per heavy atom. The quantitative estimate of drug-likeness (QED) is 0.870.